The molecule has 0 spiro atoms. The van der Waals surface area contributed by atoms with Crippen molar-refractivity contribution < 1.29 is 0 Å². The molecule has 0 saturated heterocycles. The number of anilines is 1. The molecular formula is C8H12N4S. The van der Waals surface area contributed by atoms with Gasteiger partial charge in [0.05, 0.1) is 0 Å². The second-order valence-electron chi connectivity index (χ2n) is 2.37. The second kappa shape index (κ2) is 4.74. The van der Waals surface area contributed by atoms with Gasteiger partial charge in [-0.05, 0) is 43.3 Å². The molecule has 0 bridgehead atoms. The molecule has 1 aromatic rings. The van der Waals surface area contributed by atoms with Crippen LogP contribution < -0.4 is 15.8 Å². The van der Waals surface area contributed by atoms with Crippen LogP contribution in [0.4, 0.5) is 5.69 Å². The quantitative estimate of drug-likeness (QED) is 0.333. The van der Waals surface area contributed by atoms with Crippen molar-refractivity contribution in [1.29, 1.82) is 5.41 Å². The fourth-order valence-corrected chi connectivity index (χ4v) is 1.39. The lowest BCUT2D eigenvalue weighted by Crippen LogP contribution is -2.20. The van der Waals surface area contributed by atoms with Crippen molar-refractivity contribution >= 4 is 23.6 Å². The van der Waals surface area contributed by atoms with Crippen LogP contribution in [0.1, 0.15) is 0 Å². The van der Waals surface area contributed by atoms with E-state index in [1.165, 1.54) is 0 Å². The fourth-order valence-electron chi connectivity index (χ4n) is 0.880. The summed E-state index contributed by atoms with van der Waals surface area (Å²) < 4.78 is 2.97. The number of nitrogens with one attached hydrogen (secondary N) is 3. The predicted molar refractivity (Wildman–Crippen MR) is 56.9 cm³/mol. The van der Waals surface area contributed by atoms with E-state index < -0.39 is 0 Å². The lowest BCUT2D eigenvalue weighted by Gasteiger charge is -2.04. The van der Waals surface area contributed by atoms with E-state index in [9.17, 15) is 0 Å². The fraction of sp³-hybridized carbons (Fsp3) is 0.125. The number of nitrogens with two attached hydrogens (primary N) is 1. The van der Waals surface area contributed by atoms with E-state index in [1.54, 1.807) is 11.9 Å². The zero-order chi connectivity index (χ0) is 9.68. The summed E-state index contributed by atoms with van der Waals surface area (Å²) in [5.41, 5.74) is 6.00. The Bertz CT molecular complexity index is 283. The zero-order valence-corrected chi connectivity index (χ0v) is 8.11. The predicted octanol–water partition coefficient (Wildman–Crippen LogP) is 1.22. The molecule has 0 atom stereocenters. The minimum absolute atomic E-state index is 0.0472. The minimum atomic E-state index is -0.0472. The number of hydrogen-bond acceptors (Lipinski definition) is 3. The first-order valence-electron chi connectivity index (χ1n) is 3.77. The van der Waals surface area contributed by atoms with Gasteiger partial charge in [-0.15, -0.1) is 0 Å². The van der Waals surface area contributed by atoms with Gasteiger partial charge in [-0.2, -0.15) is 0 Å². The second-order valence-corrected chi connectivity index (χ2v) is 3.45. The highest BCUT2D eigenvalue weighted by molar-refractivity contribution is 7.97. The van der Waals surface area contributed by atoms with Crippen LogP contribution in [0.5, 0.6) is 0 Å². The number of hydrogen-bond donors (Lipinski definition) is 4. The van der Waals surface area contributed by atoms with Crippen molar-refractivity contribution in [2.45, 2.75) is 4.90 Å². The average molecular weight is 196 g/mol. The van der Waals surface area contributed by atoms with Crippen LogP contribution in [-0.2, 0) is 0 Å². The maximum Gasteiger partial charge on any atom is 0.190 e. The van der Waals surface area contributed by atoms with Crippen molar-refractivity contribution in [3.63, 3.8) is 0 Å². The minimum Gasteiger partial charge on any atom is -0.370 e. The molecule has 0 unspecified atom stereocenters. The van der Waals surface area contributed by atoms with E-state index in [0.29, 0.717) is 0 Å². The summed E-state index contributed by atoms with van der Waals surface area (Å²) in [6.45, 7) is 0. The van der Waals surface area contributed by atoms with Gasteiger partial charge in [-0.3, -0.25) is 10.1 Å². The molecule has 1 aromatic carbocycles. The van der Waals surface area contributed by atoms with Gasteiger partial charge in [0.15, 0.2) is 5.96 Å². The molecule has 0 aliphatic rings. The molecule has 5 heteroatoms. The first kappa shape index (κ1) is 9.88. The summed E-state index contributed by atoms with van der Waals surface area (Å²) >= 11 is 1.54. The van der Waals surface area contributed by atoms with Gasteiger partial charge < -0.3 is 11.1 Å². The Hall–Kier alpha value is -1.20. The van der Waals surface area contributed by atoms with E-state index in [4.69, 9.17) is 11.1 Å². The van der Waals surface area contributed by atoms with Gasteiger partial charge in [0, 0.05) is 10.6 Å². The largest absolute Gasteiger partial charge is 0.370 e. The van der Waals surface area contributed by atoms with Gasteiger partial charge in [0.25, 0.3) is 0 Å². The average Bonchev–Trinajstić information content (AvgIpc) is 2.08. The maximum absolute atomic E-state index is 7.02. The molecule has 0 fully saturated rings. The summed E-state index contributed by atoms with van der Waals surface area (Å²) in [5.74, 6) is -0.0472. The first-order chi connectivity index (χ1) is 6.22. The van der Waals surface area contributed by atoms with Crippen molar-refractivity contribution in [3.8, 4) is 0 Å². The number of benzene rings is 1. The highest BCUT2D eigenvalue weighted by Gasteiger charge is 1.94. The van der Waals surface area contributed by atoms with Crippen LogP contribution >= 0.6 is 11.9 Å². The Labute approximate surface area is 81.5 Å². The van der Waals surface area contributed by atoms with Gasteiger partial charge in [-0.1, -0.05) is 0 Å². The van der Waals surface area contributed by atoms with E-state index in [0.717, 1.165) is 10.6 Å². The van der Waals surface area contributed by atoms with Crippen LogP contribution in [0.25, 0.3) is 0 Å². The Morgan fingerprint density at radius 2 is 2.00 bits per heavy atom. The van der Waals surface area contributed by atoms with Crippen molar-refractivity contribution in [1.82, 2.24) is 4.72 Å². The van der Waals surface area contributed by atoms with E-state index in [2.05, 4.69) is 10.0 Å². The normalized spacial score (nSPS) is 9.62. The Morgan fingerprint density at radius 1 is 1.38 bits per heavy atom. The van der Waals surface area contributed by atoms with E-state index in [-0.39, 0.29) is 5.96 Å². The monoisotopic (exact) mass is 196 g/mol. The Kier molecular flexibility index (Phi) is 3.60. The molecular weight excluding hydrogens is 184 g/mol. The van der Waals surface area contributed by atoms with Crippen LogP contribution in [-0.4, -0.2) is 13.0 Å². The highest BCUT2D eigenvalue weighted by Crippen LogP contribution is 2.16. The van der Waals surface area contributed by atoms with Crippen LogP contribution in [0.15, 0.2) is 29.2 Å². The van der Waals surface area contributed by atoms with Crippen LogP contribution in [0, 0.1) is 5.41 Å². The Morgan fingerprint density at radius 3 is 2.46 bits per heavy atom. The number of guanidine groups is 1. The molecule has 5 N–H and O–H groups in total. The molecule has 13 heavy (non-hydrogen) atoms. The summed E-state index contributed by atoms with van der Waals surface area (Å²) in [4.78, 5) is 1.12. The molecule has 0 radical (unpaired) electrons. The Balaban J connectivity index is 2.64. The lowest BCUT2D eigenvalue weighted by molar-refractivity contribution is 1.28. The molecule has 0 heterocycles. The third kappa shape index (κ3) is 3.35. The number of rotatable bonds is 3. The first-order valence-corrected chi connectivity index (χ1v) is 4.58. The van der Waals surface area contributed by atoms with E-state index >= 15 is 0 Å². The van der Waals surface area contributed by atoms with Crippen molar-refractivity contribution in [2.24, 2.45) is 5.73 Å². The molecule has 0 aliphatic heterocycles. The standard InChI is InChI=1S/C8H12N4S/c1-11-13-7-4-2-6(3-5-7)12-8(9)10/h2-5,11H,1H3,(H4,9,10,12). The van der Waals surface area contributed by atoms with Gasteiger partial charge in [0.2, 0.25) is 0 Å². The molecule has 70 valence electrons. The maximum atomic E-state index is 7.02. The summed E-state index contributed by atoms with van der Waals surface area (Å²) in [7, 11) is 1.87. The van der Waals surface area contributed by atoms with Gasteiger partial charge >= 0.3 is 0 Å². The molecule has 0 saturated carbocycles. The van der Waals surface area contributed by atoms with Crippen LogP contribution in [0.2, 0.25) is 0 Å². The van der Waals surface area contributed by atoms with Gasteiger partial charge in [-0.25, -0.2) is 0 Å². The summed E-state index contributed by atoms with van der Waals surface area (Å²) in [6, 6.07) is 7.65. The van der Waals surface area contributed by atoms with Gasteiger partial charge in [0.1, 0.15) is 0 Å². The topological polar surface area (TPSA) is 73.9 Å². The molecule has 0 aromatic heterocycles. The molecule has 0 aliphatic carbocycles. The molecule has 0 amide bonds. The molecule has 1 rings (SSSR count). The molecule has 4 nitrogen and oxygen atoms in total. The third-order valence-electron chi connectivity index (χ3n) is 1.35. The lowest BCUT2D eigenvalue weighted by atomic mass is 10.3. The van der Waals surface area contributed by atoms with Crippen molar-refractivity contribution in [2.75, 3.05) is 12.4 Å². The smallest absolute Gasteiger partial charge is 0.190 e. The third-order valence-corrected chi connectivity index (χ3v) is 2.07. The highest BCUT2D eigenvalue weighted by atomic mass is 32.2. The van der Waals surface area contributed by atoms with Crippen molar-refractivity contribution in [3.05, 3.63) is 24.3 Å². The summed E-state index contributed by atoms with van der Waals surface area (Å²) in [6.07, 6.45) is 0. The SMILES string of the molecule is CNSc1ccc(NC(=N)N)cc1. The summed E-state index contributed by atoms with van der Waals surface area (Å²) in [5, 5.41) is 9.72. The van der Waals surface area contributed by atoms with Crippen LogP contribution in [0.3, 0.4) is 0 Å². The van der Waals surface area contributed by atoms with E-state index in [1.807, 2.05) is 31.3 Å². The zero-order valence-electron chi connectivity index (χ0n) is 7.29.